The van der Waals surface area contributed by atoms with E-state index in [2.05, 4.69) is 17.2 Å². The Balaban J connectivity index is 2.34. The van der Waals surface area contributed by atoms with Crippen LogP contribution in [0.3, 0.4) is 0 Å². The van der Waals surface area contributed by atoms with Crippen molar-refractivity contribution >= 4 is 11.3 Å². The maximum absolute atomic E-state index is 5.34. The van der Waals surface area contributed by atoms with Crippen LogP contribution in [-0.4, -0.2) is 12.0 Å². The molecule has 0 saturated heterocycles. The number of hydrogen-bond acceptors (Lipinski definition) is 4. The lowest BCUT2D eigenvalue weighted by Crippen LogP contribution is -2.05. The number of aromatic nitrogens is 1. The summed E-state index contributed by atoms with van der Waals surface area (Å²) in [6, 6.07) is 3.83. The number of hydrogen-bond donors (Lipinski definition) is 1. The summed E-state index contributed by atoms with van der Waals surface area (Å²) >= 11 is 1.70. The Labute approximate surface area is 93.2 Å². The number of rotatable bonds is 4. The highest BCUT2D eigenvalue weighted by atomic mass is 32.1. The standard InChI is InChI=1S/C11H14N2OS/c1-3-8-10(7-12-2)15-11(13-8)9-5-4-6-14-9/h4-6,12H,3,7H2,1-2H3. The summed E-state index contributed by atoms with van der Waals surface area (Å²) in [5.41, 5.74) is 1.17. The first-order valence-electron chi connectivity index (χ1n) is 5.02. The molecule has 0 aliphatic rings. The molecule has 0 atom stereocenters. The average Bonchev–Trinajstić information content (AvgIpc) is 2.84. The Hall–Kier alpha value is -1.13. The maximum atomic E-state index is 5.34. The molecule has 0 radical (unpaired) electrons. The van der Waals surface area contributed by atoms with E-state index in [0.717, 1.165) is 23.7 Å². The van der Waals surface area contributed by atoms with Crippen molar-refractivity contribution in [2.75, 3.05) is 7.05 Å². The van der Waals surface area contributed by atoms with E-state index in [4.69, 9.17) is 4.42 Å². The van der Waals surface area contributed by atoms with Crippen molar-refractivity contribution in [1.29, 1.82) is 0 Å². The van der Waals surface area contributed by atoms with Gasteiger partial charge < -0.3 is 9.73 Å². The number of furan rings is 1. The van der Waals surface area contributed by atoms with Gasteiger partial charge in [0, 0.05) is 11.4 Å². The fourth-order valence-electron chi connectivity index (χ4n) is 1.46. The number of nitrogens with zero attached hydrogens (tertiary/aromatic N) is 1. The molecule has 15 heavy (non-hydrogen) atoms. The molecule has 0 aliphatic carbocycles. The molecule has 0 spiro atoms. The van der Waals surface area contributed by atoms with Crippen molar-refractivity contribution in [2.45, 2.75) is 19.9 Å². The second-order valence-corrected chi connectivity index (χ2v) is 4.33. The van der Waals surface area contributed by atoms with Gasteiger partial charge in [-0.25, -0.2) is 4.98 Å². The topological polar surface area (TPSA) is 38.1 Å². The molecule has 4 heteroatoms. The molecule has 2 heterocycles. The van der Waals surface area contributed by atoms with E-state index in [1.807, 2.05) is 19.2 Å². The fraction of sp³-hybridized carbons (Fsp3) is 0.364. The van der Waals surface area contributed by atoms with Gasteiger partial charge in [0.15, 0.2) is 10.8 Å². The summed E-state index contributed by atoms with van der Waals surface area (Å²) in [5, 5.41) is 4.13. The van der Waals surface area contributed by atoms with Gasteiger partial charge in [-0.05, 0) is 25.6 Å². The minimum atomic E-state index is 0.858. The Morgan fingerprint density at radius 1 is 1.53 bits per heavy atom. The molecule has 3 nitrogen and oxygen atoms in total. The van der Waals surface area contributed by atoms with Crippen molar-refractivity contribution in [1.82, 2.24) is 10.3 Å². The molecule has 2 rings (SSSR count). The summed E-state index contributed by atoms with van der Waals surface area (Å²) in [7, 11) is 1.95. The predicted octanol–water partition coefficient (Wildman–Crippen LogP) is 2.68. The van der Waals surface area contributed by atoms with Gasteiger partial charge in [0.1, 0.15) is 0 Å². The first-order valence-corrected chi connectivity index (χ1v) is 5.83. The molecule has 0 unspecified atom stereocenters. The third kappa shape index (κ3) is 2.11. The SMILES string of the molecule is CCc1nc(-c2ccco2)sc1CNC. The third-order valence-electron chi connectivity index (χ3n) is 2.18. The summed E-state index contributed by atoms with van der Waals surface area (Å²) in [6.45, 7) is 3.00. The van der Waals surface area contributed by atoms with Gasteiger partial charge in [-0.1, -0.05) is 6.92 Å². The van der Waals surface area contributed by atoms with E-state index in [0.29, 0.717) is 0 Å². The van der Waals surface area contributed by atoms with E-state index < -0.39 is 0 Å². The smallest absolute Gasteiger partial charge is 0.162 e. The Morgan fingerprint density at radius 2 is 2.40 bits per heavy atom. The highest BCUT2D eigenvalue weighted by Gasteiger charge is 2.11. The van der Waals surface area contributed by atoms with Crippen molar-refractivity contribution in [2.24, 2.45) is 0 Å². The lowest BCUT2D eigenvalue weighted by Gasteiger charge is -1.95. The van der Waals surface area contributed by atoms with Gasteiger partial charge in [-0.2, -0.15) is 0 Å². The van der Waals surface area contributed by atoms with Crippen LogP contribution in [-0.2, 0) is 13.0 Å². The molecule has 2 aromatic rings. The zero-order chi connectivity index (χ0) is 10.7. The second kappa shape index (κ2) is 4.59. The minimum absolute atomic E-state index is 0.858. The van der Waals surface area contributed by atoms with Crippen molar-refractivity contribution in [3.63, 3.8) is 0 Å². The number of thiazole rings is 1. The summed E-state index contributed by atoms with van der Waals surface area (Å²) in [6.07, 6.45) is 2.65. The predicted molar refractivity (Wildman–Crippen MR) is 62.0 cm³/mol. The summed E-state index contributed by atoms with van der Waals surface area (Å²) < 4.78 is 5.34. The molecule has 0 fully saturated rings. The largest absolute Gasteiger partial charge is 0.462 e. The van der Waals surface area contributed by atoms with Crippen LogP contribution in [0.5, 0.6) is 0 Å². The van der Waals surface area contributed by atoms with Gasteiger partial charge in [0.05, 0.1) is 12.0 Å². The molecule has 0 amide bonds. The molecule has 1 N–H and O–H groups in total. The number of nitrogens with one attached hydrogen (secondary N) is 1. The van der Waals surface area contributed by atoms with Crippen molar-refractivity contribution in [3.05, 3.63) is 29.0 Å². The Bertz CT molecular complexity index is 420. The van der Waals surface area contributed by atoms with Crippen LogP contribution in [0.25, 0.3) is 10.8 Å². The van der Waals surface area contributed by atoms with Crippen LogP contribution < -0.4 is 5.32 Å². The van der Waals surface area contributed by atoms with Crippen molar-refractivity contribution in [3.8, 4) is 10.8 Å². The normalized spacial score (nSPS) is 10.8. The molecule has 0 bridgehead atoms. The van der Waals surface area contributed by atoms with Gasteiger partial charge in [0.2, 0.25) is 0 Å². The van der Waals surface area contributed by atoms with E-state index >= 15 is 0 Å². The molecule has 80 valence electrons. The maximum Gasteiger partial charge on any atom is 0.162 e. The van der Waals surface area contributed by atoms with E-state index in [9.17, 15) is 0 Å². The zero-order valence-corrected chi connectivity index (χ0v) is 9.73. The van der Waals surface area contributed by atoms with Crippen LogP contribution in [0.4, 0.5) is 0 Å². The van der Waals surface area contributed by atoms with E-state index in [-0.39, 0.29) is 0 Å². The van der Waals surface area contributed by atoms with Crippen LogP contribution in [0.2, 0.25) is 0 Å². The summed E-state index contributed by atoms with van der Waals surface area (Å²) in [5.74, 6) is 0.858. The molecule has 2 aromatic heterocycles. The molecule has 0 saturated carbocycles. The molecular formula is C11H14N2OS. The lowest BCUT2D eigenvalue weighted by atomic mass is 10.3. The highest BCUT2D eigenvalue weighted by Crippen LogP contribution is 2.28. The van der Waals surface area contributed by atoms with E-state index in [1.54, 1.807) is 17.6 Å². The molecule has 0 aromatic carbocycles. The lowest BCUT2D eigenvalue weighted by molar-refractivity contribution is 0.581. The van der Waals surface area contributed by atoms with Crippen molar-refractivity contribution < 1.29 is 4.42 Å². The molecule has 0 aliphatic heterocycles. The Kier molecular flexibility index (Phi) is 3.18. The van der Waals surface area contributed by atoms with Crippen LogP contribution in [0, 0.1) is 0 Å². The third-order valence-corrected chi connectivity index (χ3v) is 3.29. The fourth-order valence-corrected chi connectivity index (χ4v) is 2.59. The van der Waals surface area contributed by atoms with E-state index in [1.165, 1.54) is 10.6 Å². The first kappa shape index (κ1) is 10.4. The first-order chi connectivity index (χ1) is 7.35. The number of aryl methyl sites for hydroxylation is 1. The van der Waals surface area contributed by atoms with Crippen LogP contribution in [0.1, 0.15) is 17.5 Å². The quantitative estimate of drug-likeness (QED) is 0.864. The van der Waals surface area contributed by atoms with Gasteiger partial charge in [-0.3, -0.25) is 0 Å². The summed E-state index contributed by atoms with van der Waals surface area (Å²) in [4.78, 5) is 5.87. The van der Waals surface area contributed by atoms with Gasteiger partial charge >= 0.3 is 0 Å². The monoisotopic (exact) mass is 222 g/mol. The second-order valence-electron chi connectivity index (χ2n) is 3.25. The molecular weight excluding hydrogens is 208 g/mol. The minimum Gasteiger partial charge on any atom is -0.462 e. The Morgan fingerprint density at radius 3 is 3.00 bits per heavy atom. The average molecular weight is 222 g/mol. The van der Waals surface area contributed by atoms with Gasteiger partial charge in [0.25, 0.3) is 0 Å². The highest BCUT2D eigenvalue weighted by molar-refractivity contribution is 7.15. The van der Waals surface area contributed by atoms with Crippen LogP contribution in [0.15, 0.2) is 22.8 Å². The van der Waals surface area contributed by atoms with Gasteiger partial charge in [-0.15, -0.1) is 11.3 Å². The zero-order valence-electron chi connectivity index (χ0n) is 8.91. The van der Waals surface area contributed by atoms with Crippen LogP contribution >= 0.6 is 11.3 Å².